The molecule has 29 heavy (non-hydrogen) atoms. The summed E-state index contributed by atoms with van der Waals surface area (Å²) < 4.78 is 7.25. The Labute approximate surface area is 177 Å². The van der Waals surface area contributed by atoms with Crippen molar-refractivity contribution in [3.8, 4) is 5.75 Å². The molecule has 0 radical (unpaired) electrons. The zero-order valence-corrected chi connectivity index (χ0v) is 17.7. The summed E-state index contributed by atoms with van der Waals surface area (Å²) in [4.78, 5) is 12.7. The Hall–Kier alpha value is -2.77. The van der Waals surface area contributed by atoms with Crippen LogP contribution >= 0.6 is 23.4 Å². The first-order valence-corrected chi connectivity index (χ1v) is 10.3. The monoisotopic (exact) mass is 426 g/mol. The van der Waals surface area contributed by atoms with Crippen molar-refractivity contribution in [2.24, 2.45) is 0 Å². The van der Waals surface area contributed by atoms with Gasteiger partial charge in [-0.2, -0.15) is 0 Å². The Balaban J connectivity index is 1.64. The number of para-hydroxylation sites is 2. The summed E-state index contributed by atoms with van der Waals surface area (Å²) in [7, 11) is 1.57. The summed E-state index contributed by atoms with van der Waals surface area (Å²) >= 11 is 7.52. The zero-order chi connectivity index (χ0) is 20.5. The number of nitrogens with one attached hydrogen (secondary N) is 1. The van der Waals surface area contributed by atoms with E-state index in [0.29, 0.717) is 21.6 Å². The number of aromatic nitrogens is 3. The molecule has 0 fully saturated rings. The molecule has 8 heteroatoms. The Bertz CT molecular complexity index is 1220. The first kappa shape index (κ1) is 19.5. The van der Waals surface area contributed by atoms with E-state index in [-0.39, 0.29) is 5.91 Å². The minimum atomic E-state index is -0.393. The molecule has 0 aliphatic rings. The minimum Gasteiger partial charge on any atom is -0.495 e. The highest BCUT2D eigenvalue weighted by Crippen LogP contribution is 2.30. The maximum atomic E-state index is 12.7. The second-order valence-electron chi connectivity index (χ2n) is 6.61. The molecule has 2 heterocycles. The van der Waals surface area contributed by atoms with E-state index in [2.05, 4.69) is 15.5 Å². The highest BCUT2D eigenvalue weighted by molar-refractivity contribution is 8.00. The quantitative estimate of drug-likeness (QED) is 0.456. The molecule has 0 saturated heterocycles. The first-order valence-electron chi connectivity index (χ1n) is 9.02. The summed E-state index contributed by atoms with van der Waals surface area (Å²) in [5, 5.41) is 13.5. The van der Waals surface area contributed by atoms with Gasteiger partial charge < -0.3 is 10.1 Å². The lowest BCUT2D eigenvalue weighted by Gasteiger charge is -2.14. The standard InChI is InChI=1S/C21H19ClN4O2S/c1-12-10-19-24-25-21(26(19)17-9-8-14(22)11-15(12)17)29-13(2)20(27)23-16-6-4-5-7-18(16)28-3/h4-11,13H,1-3H3,(H,23,27). The number of nitrogens with zero attached hydrogens (tertiary/aromatic N) is 3. The van der Waals surface area contributed by atoms with Gasteiger partial charge in [-0.1, -0.05) is 35.5 Å². The molecule has 4 aromatic rings. The van der Waals surface area contributed by atoms with Gasteiger partial charge in [-0.05, 0) is 55.8 Å². The molecule has 0 saturated carbocycles. The number of benzene rings is 2. The number of anilines is 1. The number of aryl methyl sites for hydroxylation is 1. The lowest BCUT2D eigenvalue weighted by atomic mass is 10.1. The Morgan fingerprint density at radius 2 is 2.00 bits per heavy atom. The number of amides is 1. The fraction of sp³-hybridized carbons (Fsp3) is 0.190. The molecular weight excluding hydrogens is 408 g/mol. The van der Waals surface area contributed by atoms with E-state index in [4.69, 9.17) is 16.3 Å². The number of hydrogen-bond donors (Lipinski definition) is 1. The Kier molecular flexibility index (Phi) is 5.34. The third kappa shape index (κ3) is 3.75. The van der Waals surface area contributed by atoms with Crippen LogP contribution in [0.25, 0.3) is 16.6 Å². The molecule has 1 atom stereocenters. The van der Waals surface area contributed by atoms with Crippen LogP contribution in [0.4, 0.5) is 5.69 Å². The number of thioether (sulfide) groups is 1. The fourth-order valence-electron chi connectivity index (χ4n) is 3.16. The smallest absolute Gasteiger partial charge is 0.237 e. The maximum absolute atomic E-state index is 12.7. The number of halogens is 1. The van der Waals surface area contributed by atoms with Crippen molar-refractivity contribution in [2.45, 2.75) is 24.3 Å². The average molecular weight is 427 g/mol. The number of rotatable bonds is 5. The third-order valence-electron chi connectivity index (χ3n) is 4.64. The molecule has 2 aromatic carbocycles. The lowest BCUT2D eigenvalue weighted by molar-refractivity contribution is -0.115. The molecule has 6 nitrogen and oxygen atoms in total. The predicted octanol–water partition coefficient (Wildman–Crippen LogP) is 4.97. The van der Waals surface area contributed by atoms with Crippen molar-refractivity contribution in [1.29, 1.82) is 0 Å². The van der Waals surface area contributed by atoms with Crippen molar-refractivity contribution >= 4 is 51.5 Å². The lowest BCUT2D eigenvalue weighted by Crippen LogP contribution is -2.23. The van der Waals surface area contributed by atoms with Crippen LogP contribution in [0.15, 0.2) is 53.7 Å². The summed E-state index contributed by atoms with van der Waals surface area (Å²) in [6.45, 7) is 3.85. The second kappa shape index (κ2) is 7.93. The largest absolute Gasteiger partial charge is 0.495 e. The van der Waals surface area contributed by atoms with Gasteiger partial charge >= 0.3 is 0 Å². The van der Waals surface area contributed by atoms with E-state index in [0.717, 1.165) is 22.1 Å². The van der Waals surface area contributed by atoms with Crippen LogP contribution in [0.2, 0.25) is 5.02 Å². The zero-order valence-electron chi connectivity index (χ0n) is 16.1. The van der Waals surface area contributed by atoms with E-state index in [1.54, 1.807) is 19.2 Å². The molecule has 0 spiro atoms. The molecule has 1 amide bonds. The van der Waals surface area contributed by atoms with E-state index < -0.39 is 5.25 Å². The van der Waals surface area contributed by atoms with Crippen LogP contribution in [0.3, 0.4) is 0 Å². The fourth-order valence-corrected chi connectivity index (χ4v) is 4.20. The number of hydrogen-bond acceptors (Lipinski definition) is 5. The molecular formula is C21H19ClN4O2S. The van der Waals surface area contributed by atoms with E-state index in [9.17, 15) is 4.79 Å². The van der Waals surface area contributed by atoms with Crippen molar-refractivity contribution < 1.29 is 9.53 Å². The Morgan fingerprint density at radius 1 is 1.21 bits per heavy atom. The maximum Gasteiger partial charge on any atom is 0.237 e. The van der Waals surface area contributed by atoms with Crippen molar-refractivity contribution in [2.75, 3.05) is 12.4 Å². The summed E-state index contributed by atoms with van der Waals surface area (Å²) in [6, 6.07) is 15.0. The van der Waals surface area contributed by atoms with Crippen molar-refractivity contribution in [3.05, 3.63) is 59.1 Å². The topological polar surface area (TPSA) is 68.5 Å². The van der Waals surface area contributed by atoms with Gasteiger partial charge in [-0.3, -0.25) is 9.20 Å². The van der Waals surface area contributed by atoms with E-state index in [1.165, 1.54) is 11.8 Å². The van der Waals surface area contributed by atoms with Gasteiger partial charge in [0.25, 0.3) is 0 Å². The Morgan fingerprint density at radius 3 is 2.79 bits per heavy atom. The van der Waals surface area contributed by atoms with E-state index >= 15 is 0 Å². The van der Waals surface area contributed by atoms with Crippen LogP contribution < -0.4 is 10.1 Å². The minimum absolute atomic E-state index is 0.143. The van der Waals surface area contributed by atoms with Crippen molar-refractivity contribution in [3.63, 3.8) is 0 Å². The van der Waals surface area contributed by atoms with Crippen LogP contribution in [0.1, 0.15) is 12.5 Å². The van der Waals surface area contributed by atoms with Crippen LogP contribution in [0, 0.1) is 6.92 Å². The predicted molar refractivity (Wildman–Crippen MR) is 117 cm³/mol. The normalized spacial score (nSPS) is 12.3. The molecule has 1 unspecified atom stereocenters. The van der Waals surface area contributed by atoms with Crippen molar-refractivity contribution in [1.82, 2.24) is 14.6 Å². The molecule has 0 aliphatic carbocycles. The number of pyridine rings is 1. The van der Waals surface area contributed by atoms with Gasteiger partial charge in [0.2, 0.25) is 5.91 Å². The van der Waals surface area contributed by atoms with Gasteiger partial charge in [0, 0.05) is 10.4 Å². The van der Waals surface area contributed by atoms with Gasteiger partial charge in [-0.25, -0.2) is 0 Å². The average Bonchev–Trinajstić information content (AvgIpc) is 3.10. The van der Waals surface area contributed by atoms with Gasteiger partial charge in [0.15, 0.2) is 10.8 Å². The highest BCUT2D eigenvalue weighted by Gasteiger charge is 2.20. The van der Waals surface area contributed by atoms with Crippen LogP contribution in [-0.2, 0) is 4.79 Å². The van der Waals surface area contributed by atoms with Crippen LogP contribution in [-0.4, -0.2) is 32.9 Å². The summed E-state index contributed by atoms with van der Waals surface area (Å²) in [6.07, 6.45) is 0. The third-order valence-corrected chi connectivity index (χ3v) is 5.92. The number of fused-ring (bicyclic) bond motifs is 3. The van der Waals surface area contributed by atoms with Gasteiger partial charge in [0.05, 0.1) is 23.6 Å². The number of carbonyl (C=O) groups is 1. The molecule has 2 aromatic heterocycles. The molecule has 0 bridgehead atoms. The second-order valence-corrected chi connectivity index (χ2v) is 8.36. The van der Waals surface area contributed by atoms with E-state index in [1.807, 2.05) is 54.6 Å². The highest BCUT2D eigenvalue weighted by atomic mass is 35.5. The summed E-state index contributed by atoms with van der Waals surface area (Å²) in [5.41, 5.74) is 3.39. The van der Waals surface area contributed by atoms with Gasteiger partial charge in [-0.15, -0.1) is 10.2 Å². The molecule has 148 valence electrons. The number of carbonyl (C=O) groups excluding carboxylic acids is 1. The first-order chi connectivity index (χ1) is 14.0. The van der Waals surface area contributed by atoms with Crippen LogP contribution in [0.5, 0.6) is 5.75 Å². The molecule has 1 N–H and O–H groups in total. The van der Waals surface area contributed by atoms with Gasteiger partial charge in [0.1, 0.15) is 5.75 Å². The number of ether oxygens (including phenoxy) is 1. The molecule has 0 aliphatic heterocycles. The number of methoxy groups -OCH3 is 1. The SMILES string of the molecule is COc1ccccc1NC(=O)C(C)Sc1nnc2cc(C)c3cc(Cl)ccc3n12. The molecule has 4 rings (SSSR count). The summed E-state index contributed by atoms with van der Waals surface area (Å²) in [5.74, 6) is 0.472.